The maximum atomic E-state index is 11.0. The molecule has 0 aliphatic carbocycles. The van der Waals surface area contributed by atoms with Crippen LogP contribution in [0.15, 0.2) is 5.38 Å². The number of primary amides is 1. The molecule has 7 heteroatoms. The van der Waals surface area contributed by atoms with E-state index in [1.165, 1.54) is 11.3 Å². The highest BCUT2D eigenvalue weighted by atomic mass is 35.5. The molecule has 1 aliphatic rings. The fourth-order valence-corrected chi connectivity index (χ4v) is 2.74. The predicted octanol–water partition coefficient (Wildman–Crippen LogP) is 1.47. The molecule has 0 radical (unpaired) electrons. The second kappa shape index (κ2) is 4.57. The summed E-state index contributed by atoms with van der Waals surface area (Å²) in [7, 11) is 0. The molecule has 3 N–H and O–H groups in total. The van der Waals surface area contributed by atoms with Crippen LogP contribution < -0.4 is 11.1 Å². The normalized spacial score (nSPS) is 25.3. The first-order chi connectivity index (χ1) is 7.62. The average Bonchev–Trinajstić information content (AvgIpc) is 2.66. The van der Waals surface area contributed by atoms with Gasteiger partial charge in [-0.1, -0.05) is 11.6 Å². The summed E-state index contributed by atoms with van der Waals surface area (Å²) in [5, 5.41) is 4.98. The van der Waals surface area contributed by atoms with Crippen LogP contribution in [0.2, 0.25) is 4.47 Å². The molecule has 0 saturated carbocycles. The van der Waals surface area contributed by atoms with Crippen molar-refractivity contribution in [2.45, 2.75) is 18.4 Å². The van der Waals surface area contributed by atoms with Gasteiger partial charge in [-0.05, 0) is 19.4 Å². The van der Waals surface area contributed by atoms with Gasteiger partial charge < -0.3 is 15.8 Å². The number of nitrogens with zero attached hydrogens (tertiary/aromatic N) is 1. The Bertz CT molecular complexity index is 390. The van der Waals surface area contributed by atoms with Gasteiger partial charge in [-0.3, -0.25) is 0 Å². The Morgan fingerprint density at radius 3 is 3.06 bits per heavy atom. The monoisotopic (exact) mass is 261 g/mol. The zero-order valence-corrected chi connectivity index (χ0v) is 10.1. The van der Waals surface area contributed by atoms with E-state index in [1.54, 1.807) is 5.38 Å². The first kappa shape index (κ1) is 11.6. The Kier molecular flexibility index (Phi) is 3.32. The van der Waals surface area contributed by atoms with E-state index in [9.17, 15) is 4.79 Å². The molecule has 1 aromatic rings. The maximum Gasteiger partial charge on any atom is 0.405 e. The molecule has 0 spiro atoms. The zero-order valence-electron chi connectivity index (χ0n) is 8.53. The molecular formula is C9H12ClN3O2S. The number of hydrogen-bond donors (Lipinski definition) is 2. The fraction of sp³-hybridized carbons (Fsp3) is 0.556. The van der Waals surface area contributed by atoms with Crippen molar-refractivity contribution in [3.63, 3.8) is 0 Å². The number of hydrogen-bond acceptors (Lipinski definition) is 5. The molecule has 88 valence electrons. The molecule has 2 heterocycles. The molecule has 1 aromatic heterocycles. The lowest BCUT2D eigenvalue weighted by molar-refractivity contribution is -0.00870. The molecule has 2 rings (SSSR count). The number of piperidine rings is 1. The summed E-state index contributed by atoms with van der Waals surface area (Å²) in [6.45, 7) is 1.43. The van der Waals surface area contributed by atoms with Crippen LogP contribution in [-0.4, -0.2) is 24.2 Å². The number of aromatic nitrogens is 1. The van der Waals surface area contributed by atoms with Crippen LogP contribution >= 0.6 is 22.9 Å². The third kappa shape index (κ3) is 2.28. The number of carbonyl (C=O) groups is 1. The molecule has 0 bridgehead atoms. The van der Waals surface area contributed by atoms with Gasteiger partial charge >= 0.3 is 6.09 Å². The van der Waals surface area contributed by atoms with Crippen molar-refractivity contribution in [1.82, 2.24) is 10.3 Å². The Hall–Kier alpha value is -0.850. The van der Waals surface area contributed by atoms with Gasteiger partial charge in [-0.25, -0.2) is 9.78 Å². The van der Waals surface area contributed by atoms with Crippen molar-refractivity contribution in [2.24, 2.45) is 5.73 Å². The summed E-state index contributed by atoms with van der Waals surface area (Å²) in [5.74, 6) is 0. The first-order valence-corrected chi connectivity index (χ1v) is 6.19. The van der Waals surface area contributed by atoms with Gasteiger partial charge in [0.25, 0.3) is 0 Å². The molecule has 0 aromatic carbocycles. The Labute approximate surface area is 102 Å². The van der Waals surface area contributed by atoms with E-state index in [-0.39, 0.29) is 0 Å². The van der Waals surface area contributed by atoms with E-state index in [2.05, 4.69) is 10.3 Å². The number of carbonyl (C=O) groups excluding carboxylic acids is 1. The lowest BCUT2D eigenvalue weighted by atomic mass is 9.91. The highest BCUT2D eigenvalue weighted by molar-refractivity contribution is 7.13. The molecule has 1 saturated heterocycles. The van der Waals surface area contributed by atoms with Gasteiger partial charge in [0.15, 0.2) is 10.1 Å². The summed E-state index contributed by atoms with van der Waals surface area (Å²) in [6, 6.07) is 0. The SMILES string of the molecule is NC(=O)OC1(c2csc(Cl)n2)CCCNC1. The Balaban J connectivity index is 2.29. The third-order valence-corrected chi connectivity index (χ3v) is 3.56. The molecule has 1 fully saturated rings. The van der Waals surface area contributed by atoms with Crippen molar-refractivity contribution in [2.75, 3.05) is 13.1 Å². The molecular weight excluding hydrogens is 250 g/mol. The number of rotatable bonds is 2. The summed E-state index contributed by atoms with van der Waals surface area (Å²) in [5.41, 5.74) is 5.02. The smallest absolute Gasteiger partial charge is 0.405 e. The maximum absolute atomic E-state index is 11.0. The van der Waals surface area contributed by atoms with Gasteiger partial charge in [-0.2, -0.15) is 0 Å². The van der Waals surface area contributed by atoms with Crippen molar-refractivity contribution in [1.29, 1.82) is 0 Å². The minimum absolute atomic E-state index is 0.438. The second-order valence-corrected chi connectivity index (χ2v) is 5.12. The number of nitrogens with two attached hydrogens (primary N) is 1. The van der Waals surface area contributed by atoms with Gasteiger partial charge in [0.05, 0.1) is 5.69 Å². The summed E-state index contributed by atoms with van der Waals surface area (Å²) >= 11 is 7.11. The highest BCUT2D eigenvalue weighted by Crippen LogP contribution is 2.34. The van der Waals surface area contributed by atoms with E-state index in [0.29, 0.717) is 23.1 Å². The summed E-state index contributed by atoms with van der Waals surface area (Å²) in [6.07, 6.45) is 0.832. The minimum atomic E-state index is -0.784. The van der Waals surface area contributed by atoms with Crippen LogP contribution in [0.3, 0.4) is 0 Å². The molecule has 1 amide bonds. The van der Waals surface area contributed by atoms with Crippen LogP contribution in [0.25, 0.3) is 0 Å². The van der Waals surface area contributed by atoms with E-state index < -0.39 is 11.7 Å². The molecule has 5 nitrogen and oxygen atoms in total. The molecule has 1 unspecified atom stereocenters. The van der Waals surface area contributed by atoms with Crippen LogP contribution in [0.1, 0.15) is 18.5 Å². The third-order valence-electron chi connectivity index (χ3n) is 2.58. The van der Waals surface area contributed by atoms with E-state index in [0.717, 1.165) is 13.0 Å². The molecule has 1 aliphatic heterocycles. The largest absolute Gasteiger partial charge is 0.435 e. The molecule has 16 heavy (non-hydrogen) atoms. The van der Waals surface area contributed by atoms with E-state index in [4.69, 9.17) is 22.1 Å². The number of ether oxygens (including phenoxy) is 1. The minimum Gasteiger partial charge on any atom is -0.435 e. The van der Waals surface area contributed by atoms with E-state index >= 15 is 0 Å². The van der Waals surface area contributed by atoms with Crippen LogP contribution in [0.5, 0.6) is 0 Å². The Morgan fingerprint density at radius 1 is 1.75 bits per heavy atom. The van der Waals surface area contributed by atoms with Gasteiger partial charge in [0.2, 0.25) is 0 Å². The first-order valence-electron chi connectivity index (χ1n) is 4.93. The standard InChI is InChI=1S/C9H12ClN3O2S/c10-7-13-6(4-16-7)9(15-8(11)14)2-1-3-12-5-9/h4,12H,1-3,5H2,(H2,11,14). The number of nitrogens with one attached hydrogen (secondary N) is 1. The van der Waals surface area contributed by atoms with Crippen molar-refractivity contribution in [3.8, 4) is 0 Å². The lowest BCUT2D eigenvalue weighted by Gasteiger charge is -2.35. The number of thiazole rings is 1. The molecule has 1 atom stereocenters. The summed E-state index contributed by atoms with van der Waals surface area (Å²) in [4.78, 5) is 15.1. The zero-order chi connectivity index (χ0) is 11.6. The van der Waals surface area contributed by atoms with Crippen molar-refractivity contribution in [3.05, 3.63) is 15.5 Å². The summed E-state index contributed by atoms with van der Waals surface area (Å²) < 4.78 is 5.68. The van der Waals surface area contributed by atoms with Gasteiger partial charge in [-0.15, -0.1) is 11.3 Å². The topological polar surface area (TPSA) is 77.2 Å². The van der Waals surface area contributed by atoms with Crippen molar-refractivity contribution >= 4 is 29.0 Å². The Morgan fingerprint density at radius 2 is 2.56 bits per heavy atom. The van der Waals surface area contributed by atoms with Gasteiger partial charge in [0.1, 0.15) is 0 Å². The fourth-order valence-electron chi connectivity index (χ4n) is 1.89. The number of amides is 1. The number of halogens is 1. The van der Waals surface area contributed by atoms with E-state index in [1.807, 2.05) is 0 Å². The highest BCUT2D eigenvalue weighted by Gasteiger charge is 2.39. The second-order valence-electron chi connectivity index (χ2n) is 3.68. The van der Waals surface area contributed by atoms with Crippen LogP contribution in [0.4, 0.5) is 4.79 Å². The van der Waals surface area contributed by atoms with Crippen LogP contribution in [-0.2, 0) is 10.3 Å². The quantitative estimate of drug-likeness (QED) is 0.845. The van der Waals surface area contributed by atoms with Gasteiger partial charge in [0, 0.05) is 11.9 Å². The lowest BCUT2D eigenvalue weighted by Crippen LogP contribution is -2.47. The van der Waals surface area contributed by atoms with Crippen LogP contribution in [0, 0.1) is 0 Å². The average molecular weight is 262 g/mol. The van der Waals surface area contributed by atoms with Crippen molar-refractivity contribution < 1.29 is 9.53 Å². The predicted molar refractivity (Wildman–Crippen MR) is 61.6 cm³/mol.